The molecule has 0 radical (unpaired) electrons. The highest BCUT2D eigenvalue weighted by Gasteiger charge is 2.32. The highest BCUT2D eigenvalue weighted by Crippen LogP contribution is 2.25. The molecule has 0 saturated carbocycles. The highest BCUT2D eigenvalue weighted by atomic mass is 19.4. The van der Waals surface area contributed by atoms with Gasteiger partial charge in [0.25, 0.3) is 0 Å². The fourth-order valence-corrected chi connectivity index (χ4v) is 1.85. The van der Waals surface area contributed by atoms with Crippen LogP contribution in [0.25, 0.3) is 0 Å². The number of aliphatic hydroxyl groups excluding tert-OH is 1. The summed E-state index contributed by atoms with van der Waals surface area (Å²) in [5.41, 5.74) is 1.26. The molecule has 0 aromatic carbocycles. The molecular formula is C14H21F3N2O. The van der Waals surface area contributed by atoms with E-state index < -0.39 is 12.7 Å². The summed E-state index contributed by atoms with van der Waals surface area (Å²) in [4.78, 5) is 5.50. The second kappa shape index (κ2) is 6.43. The first-order valence-corrected chi connectivity index (χ1v) is 6.59. The summed E-state index contributed by atoms with van der Waals surface area (Å²) in [5.74, 6) is 0.340. The zero-order chi connectivity index (χ0) is 15.5. The molecule has 0 aliphatic carbocycles. The Labute approximate surface area is 117 Å². The van der Waals surface area contributed by atoms with E-state index >= 15 is 0 Å². The van der Waals surface area contributed by atoms with Crippen molar-refractivity contribution in [1.29, 1.82) is 0 Å². The fraction of sp³-hybridized carbons (Fsp3) is 0.643. The Morgan fingerprint density at radius 3 is 2.20 bits per heavy atom. The number of hydrogen-bond acceptors (Lipinski definition) is 3. The molecule has 1 N–H and O–H groups in total. The van der Waals surface area contributed by atoms with Gasteiger partial charge in [0, 0.05) is 11.7 Å². The van der Waals surface area contributed by atoms with Crippen molar-refractivity contribution in [2.24, 2.45) is 0 Å². The second-order valence-corrected chi connectivity index (χ2v) is 5.41. The van der Waals surface area contributed by atoms with Gasteiger partial charge in [-0.1, -0.05) is 13.8 Å². The summed E-state index contributed by atoms with van der Waals surface area (Å²) in [6.07, 6.45) is -4.29. The lowest BCUT2D eigenvalue weighted by molar-refractivity contribution is -0.120. The average molecular weight is 290 g/mol. The number of rotatable bonds is 5. The summed E-state index contributed by atoms with van der Waals surface area (Å²) in [5, 5.41) is 9.25. The standard InChI is InChI=1S/C14H21F3N2O/c1-9(2)12-5-11(7-20)6-13(18-12)19(10(3)4)8-14(15,16)17/h5-6,9-10,20H,7-8H2,1-4H3. The Morgan fingerprint density at radius 2 is 1.80 bits per heavy atom. The lowest BCUT2D eigenvalue weighted by atomic mass is 10.1. The summed E-state index contributed by atoms with van der Waals surface area (Å²) >= 11 is 0. The van der Waals surface area contributed by atoms with Crippen LogP contribution in [0.1, 0.15) is 44.9 Å². The third-order valence-electron chi connectivity index (χ3n) is 2.93. The number of hydrogen-bond donors (Lipinski definition) is 1. The van der Waals surface area contributed by atoms with E-state index in [4.69, 9.17) is 0 Å². The lowest BCUT2D eigenvalue weighted by Gasteiger charge is -2.29. The SMILES string of the molecule is CC(C)c1cc(CO)cc(N(CC(F)(F)F)C(C)C)n1. The van der Waals surface area contributed by atoms with Gasteiger partial charge >= 0.3 is 6.18 Å². The molecule has 0 amide bonds. The van der Waals surface area contributed by atoms with Gasteiger partial charge in [-0.15, -0.1) is 0 Å². The summed E-state index contributed by atoms with van der Waals surface area (Å²) in [6, 6.07) is 2.90. The van der Waals surface area contributed by atoms with Gasteiger partial charge in [-0.2, -0.15) is 13.2 Å². The van der Waals surface area contributed by atoms with Gasteiger partial charge in [-0.05, 0) is 37.5 Å². The second-order valence-electron chi connectivity index (χ2n) is 5.41. The fourth-order valence-electron chi connectivity index (χ4n) is 1.85. The first-order valence-electron chi connectivity index (χ1n) is 6.59. The number of nitrogens with zero attached hydrogens (tertiary/aromatic N) is 2. The Balaban J connectivity index is 3.22. The number of aliphatic hydroxyl groups is 1. The zero-order valence-corrected chi connectivity index (χ0v) is 12.2. The lowest BCUT2D eigenvalue weighted by Crippen LogP contribution is -2.39. The van der Waals surface area contributed by atoms with Crippen LogP contribution in [0.3, 0.4) is 0 Å². The monoisotopic (exact) mass is 290 g/mol. The molecule has 0 bridgehead atoms. The summed E-state index contributed by atoms with van der Waals surface area (Å²) < 4.78 is 38.0. The van der Waals surface area contributed by atoms with E-state index in [0.29, 0.717) is 11.3 Å². The summed E-state index contributed by atoms with van der Waals surface area (Å²) in [7, 11) is 0. The molecule has 0 spiro atoms. The Bertz CT molecular complexity index is 445. The van der Waals surface area contributed by atoms with E-state index in [-0.39, 0.29) is 24.4 Å². The van der Waals surface area contributed by atoms with Crippen LogP contribution in [-0.4, -0.2) is 28.9 Å². The quantitative estimate of drug-likeness (QED) is 0.902. The van der Waals surface area contributed by atoms with Gasteiger partial charge in [0.1, 0.15) is 12.4 Å². The maximum Gasteiger partial charge on any atom is 0.405 e. The van der Waals surface area contributed by atoms with E-state index in [9.17, 15) is 18.3 Å². The maximum atomic E-state index is 12.7. The van der Waals surface area contributed by atoms with Crippen LogP contribution in [0.15, 0.2) is 12.1 Å². The van der Waals surface area contributed by atoms with E-state index in [1.165, 1.54) is 11.0 Å². The van der Waals surface area contributed by atoms with Gasteiger partial charge < -0.3 is 10.0 Å². The number of alkyl halides is 3. The molecule has 0 aliphatic heterocycles. The predicted molar refractivity (Wildman–Crippen MR) is 72.8 cm³/mol. The molecule has 1 aromatic rings. The van der Waals surface area contributed by atoms with Crippen molar-refractivity contribution < 1.29 is 18.3 Å². The zero-order valence-electron chi connectivity index (χ0n) is 12.2. The molecule has 1 aromatic heterocycles. The first kappa shape index (κ1) is 16.8. The van der Waals surface area contributed by atoms with Crippen LogP contribution in [0.4, 0.5) is 19.0 Å². The van der Waals surface area contributed by atoms with Crippen molar-refractivity contribution in [3.63, 3.8) is 0 Å². The van der Waals surface area contributed by atoms with Crippen molar-refractivity contribution in [2.45, 2.75) is 52.4 Å². The molecule has 6 heteroatoms. The van der Waals surface area contributed by atoms with Crippen molar-refractivity contribution >= 4 is 5.82 Å². The molecule has 0 aliphatic rings. The Hall–Kier alpha value is -1.30. The topological polar surface area (TPSA) is 36.4 Å². The molecule has 114 valence electrons. The molecule has 1 heterocycles. The van der Waals surface area contributed by atoms with Crippen LogP contribution in [0.5, 0.6) is 0 Å². The molecule has 0 fully saturated rings. The van der Waals surface area contributed by atoms with Crippen LogP contribution in [0, 0.1) is 0 Å². The molecule has 0 unspecified atom stereocenters. The Kier molecular flexibility index (Phi) is 5.39. The number of anilines is 1. The van der Waals surface area contributed by atoms with Crippen LogP contribution < -0.4 is 4.90 Å². The van der Waals surface area contributed by atoms with Gasteiger partial charge in [-0.25, -0.2) is 4.98 Å². The predicted octanol–water partition coefficient (Wildman–Crippen LogP) is 3.47. The van der Waals surface area contributed by atoms with E-state index in [1.807, 2.05) is 13.8 Å². The Morgan fingerprint density at radius 1 is 1.20 bits per heavy atom. The van der Waals surface area contributed by atoms with Gasteiger partial charge in [0.05, 0.1) is 6.61 Å². The third kappa shape index (κ3) is 4.67. The normalized spacial score (nSPS) is 12.3. The van der Waals surface area contributed by atoms with Crippen molar-refractivity contribution in [3.8, 4) is 0 Å². The number of aromatic nitrogens is 1. The molecule has 20 heavy (non-hydrogen) atoms. The number of pyridine rings is 1. The summed E-state index contributed by atoms with van der Waals surface area (Å²) in [6.45, 7) is 5.94. The van der Waals surface area contributed by atoms with Gasteiger partial charge in [-0.3, -0.25) is 0 Å². The minimum absolute atomic E-state index is 0.0835. The van der Waals surface area contributed by atoms with Crippen LogP contribution in [-0.2, 0) is 6.61 Å². The number of halogens is 3. The van der Waals surface area contributed by atoms with Gasteiger partial charge in [0.2, 0.25) is 0 Å². The first-order chi connectivity index (χ1) is 9.14. The molecule has 3 nitrogen and oxygen atoms in total. The van der Waals surface area contributed by atoms with Crippen LogP contribution >= 0.6 is 0 Å². The average Bonchev–Trinajstić information content (AvgIpc) is 2.33. The minimum Gasteiger partial charge on any atom is -0.392 e. The molecule has 1 rings (SSSR count). The van der Waals surface area contributed by atoms with E-state index in [1.54, 1.807) is 19.9 Å². The van der Waals surface area contributed by atoms with Crippen molar-refractivity contribution in [3.05, 3.63) is 23.4 Å². The van der Waals surface area contributed by atoms with E-state index in [2.05, 4.69) is 4.98 Å². The van der Waals surface area contributed by atoms with Crippen molar-refractivity contribution in [1.82, 2.24) is 4.98 Å². The van der Waals surface area contributed by atoms with Gasteiger partial charge in [0.15, 0.2) is 0 Å². The van der Waals surface area contributed by atoms with Crippen LogP contribution in [0.2, 0.25) is 0 Å². The highest BCUT2D eigenvalue weighted by molar-refractivity contribution is 5.44. The van der Waals surface area contributed by atoms with Crippen molar-refractivity contribution in [2.75, 3.05) is 11.4 Å². The minimum atomic E-state index is -4.29. The maximum absolute atomic E-state index is 12.7. The van der Waals surface area contributed by atoms with E-state index in [0.717, 1.165) is 0 Å². The largest absolute Gasteiger partial charge is 0.405 e. The molecule has 0 atom stereocenters. The smallest absolute Gasteiger partial charge is 0.392 e. The third-order valence-corrected chi connectivity index (χ3v) is 2.93. The molecular weight excluding hydrogens is 269 g/mol. The molecule has 0 saturated heterocycles.